The van der Waals surface area contributed by atoms with Crippen LogP contribution >= 0.6 is 0 Å². The van der Waals surface area contributed by atoms with Crippen molar-refractivity contribution < 1.29 is 9.47 Å². The summed E-state index contributed by atoms with van der Waals surface area (Å²) in [7, 11) is 1.70. The van der Waals surface area contributed by atoms with Gasteiger partial charge in [0.1, 0.15) is 5.75 Å². The Balaban J connectivity index is 2.12. The van der Waals surface area contributed by atoms with E-state index in [1.54, 1.807) is 7.11 Å². The molecule has 2 heteroatoms. The third-order valence-corrected chi connectivity index (χ3v) is 3.97. The molecular weight excluding hydrogens is 236 g/mol. The van der Waals surface area contributed by atoms with Crippen molar-refractivity contribution in [1.29, 1.82) is 0 Å². The topological polar surface area (TPSA) is 18.5 Å². The molecule has 1 heterocycles. The highest BCUT2D eigenvalue weighted by molar-refractivity contribution is 5.47. The van der Waals surface area contributed by atoms with E-state index in [0.29, 0.717) is 6.61 Å². The van der Waals surface area contributed by atoms with E-state index in [0.717, 1.165) is 12.4 Å². The van der Waals surface area contributed by atoms with E-state index in [4.69, 9.17) is 9.47 Å². The van der Waals surface area contributed by atoms with Gasteiger partial charge < -0.3 is 9.47 Å². The van der Waals surface area contributed by atoms with E-state index in [2.05, 4.69) is 43.3 Å². The maximum atomic E-state index is 5.81. The van der Waals surface area contributed by atoms with Crippen LogP contribution in [0.15, 0.2) is 48.5 Å². The van der Waals surface area contributed by atoms with Gasteiger partial charge in [0.25, 0.3) is 0 Å². The summed E-state index contributed by atoms with van der Waals surface area (Å²) in [5.74, 6) is 0.889. The Hall–Kier alpha value is -1.80. The van der Waals surface area contributed by atoms with Crippen LogP contribution in [-0.4, -0.2) is 13.7 Å². The molecule has 1 unspecified atom stereocenters. The van der Waals surface area contributed by atoms with Crippen LogP contribution in [0.2, 0.25) is 0 Å². The molecule has 0 bridgehead atoms. The molecule has 98 valence electrons. The van der Waals surface area contributed by atoms with E-state index < -0.39 is 0 Å². The second-order valence-electron chi connectivity index (χ2n) is 5.21. The molecule has 2 nitrogen and oxygen atoms in total. The van der Waals surface area contributed by atoms with E-state index >= 15 is 0 Å². The Bertz CT molecular complexity index is 577. The minimum Gasteiger partial charge on any atom is -0.497 e. The molecule has 3 rings (SSSR count). The van der Waals surface area contributed by atoms with Crippen LogP contribution < -0.4 is 4.74 Å². The van der Waals surface area contributed by atoms with Gasteiger partial charge in [-0.1, -0.05) is 36.4 Å². The monoisotopic (exact) mass is 254 g/mol. The zero-order valence-corrected chi connectivity index (χ0v) is 11.3. The number of methoxy groups -OCH3 is 1. The lowest BCUT2D eigenvalue weighted by atomic mass is 9.74. The SMILES string of the molecule is COc1ccc2c(c1)COCC2(C)c1ccccc1. The van der Waals surface area contributed by atoms with Gasteiger partial charge in [0, 0.05) is 5.41 Å². The summed E-state index contributed by atoms with van der Waals surface area (Å²) in [6.07, 6.45) is 0. The minimum atomic E-state index is -0.0822. The van der Waals surface area contributed by atoms with Crippen LogP contribution in [0, 0.1) is 0 Å². The molecule has 0 aromatic heterocycles. The van der Waals surface area contributed by atoms with Crippen molar-refractivity contribution in [2.24, 2.45) is 0 Å². The van der Waals surface area contributed by atoms with Crippen molar-refractivity contribution in [3.8, 4) is 5.75 Å². The minimum absolute atomic E-state index is 0.0822. The molecule has 0 fully saturated rings. The lowest BCUT2D eigenvalue weighted by Crippen LogP contribution is -2.34. The van der Waals surface area contributed by atoms with Gasteiger partial charge in [-0.05, 0) is 35.7 Å². The fourth-order valence-electron chi connectivity index (χ4n) is 2.84. The van der Waals surface area contributed by atoms with Crippen LogP contribution in [0.1, 0.15) is 23.6 Å². The van der Waals surface area contributed by atoms with Crippen LogP contribution in [0.3, 0.4) is 0 Å². The predicted octanol–water partition coefficient (Wildman–Crippen LogP) is 3.53. The lowest BCUT2D eigenvalue weighted by molar-refractivity contribution is 0.0710. The fourth-order valence-corrected chi connectivity index (χ4v) is 2.84. The maximum absolute atomic E-state index is 5.81. The summed E-state index contributed by atoms with van der Waals surface area (Å²) in [4.78, 5) is 0. The molecule has 0 radical (unpaired) electrons. The Morgan fingerprint density at radius 2 is 1.89 bits per heavy atom. The standard InChI is InChI=1S/C17H18O2/c1-17(14-6-4-3-5-7-14)12-19-11-13-10-15(18-2)8-9-16(13)17/h3-10H,11-12H2,1-2H3. The summed E-state index contributed by atoms with van der Waals surface area (Å²) in [5, 5.41) is 0. The summed E-state index contributed by atoms with van der Waals surface area (Å²) in [5.41, 5.74) is 3.77. The molecule has 0 saturated heterocycles. The van der Waals surface area contributed by atoms with Gasteiger partial charge in [0.15, 0.2) is 0 Å². The average Bonchev–Trinajstić information content (AvgIpc) is 2.48. The number of fused-ring (bicyclic) bond motifs is 1. The molecule has 0 aliphatic carbocycles. The van der Waals surface area contributed by atoms with Gasteiger partial charge in [0.2, 0.25) is 0 Å². The summed E-state index contributed by atoms with van der Waals surface area (Å²) >= 11 is 0. The second-order valence-corrected chi connectivity index (χ2v) is 5.21. The first kappa shape index (κ1) is 12.2. The predicted molar refractivity (Wildman–Crippen MR) is 75.5 cm³/mol. The van der Waals surface area contributed by atoms with Crippen LogP contribution in [-0.2, 0) is 16.8 Å². The largest absolute Gasteiger partial charge is 0.497 e. The molecule has 1 aliphatic rings. The third-order valence-electron chi connectivity index (χ3n) is 3.97. The Morgan fingerprint density at radius 3 is 2.63 bits per heavy atom. The van der Waals surface area contributed by atoms with Crippen molar-refractivity contribution in [2.45, 2.75) is 18.9 Å². The normalized spacial score (nSPS) is 21.8. The lowest BCUT2D eigenvalue weighted by Gasteiger charge is -2.36. The van der Waals surface area contributed by atoms with Gasteiger partial charge in [-0.3, -0.25) is 0 Å². The summed E-state index contributed by atoms with van der Waals surface area (Å²) in [6.45, 7) is 3.62. The first-order valence-corrected chi connectivity index (χ1v) is 6.55. The second kappa shape index (κ2) is 4.71. The van der Waals surface area contributed by atoms with Gasteiger partial charge in [-0.15, -0.1) is 0 Å². The average molecular weight is 254 g/mol. The Labute approximate surface area is 114 Å². The summed E-state index contributed by atoms with van der Waals surface area (Å²) < 4.78 is 11.1. The molecule has 2 aromatic carbocycles. The molecule has 2 aromatic rings. The van der Waals surface area contributed by atoms with E-state index in [1.807, 2.05) is 12.1 Å². The van der Waals surface area contributed by atoms with E-state index in [1.165, 1.54) is 16.7 Å². The van der Waals surface area contributed by atoms with E-state index in [9.17, 15) is 0 Å². The number of ether oxygens (including phenoxy) is 2. The molecule has 0 N–H and O–H groups in total. The highest BCUT2D eigenvalue weighted by Gasteiger charge is 2.34. The zero-order valence-electron chi connectivity index (χ0n) is 11.3. The molecule has 0 spiro atoms. The molecule has 19 heavy (non-hydrogen) atoms. The van der Waals surface area contributed by atoms with Crippen LogP contribution in [0.5, 0.6) is 5.75 Å². The van der Waals surface area contributed by atoms with Crippen molar-refractivity contribution in [3.05, 3.63) is 65.2 Å². The maximum Gasteiger partial charge on any atom is 0.119 e. The number of hydrogen-bond acceptors (Lipinski definition) is 2. The third kappa shape index (κ3) is 2.02. The molecule has 1 aliphatic heterocycles. The quantitative estimate of drug-likeness (QED) is 0.816. The Morgan fingerprint density at radius 1 is 1.11 bits per heavy atom. The van der Waals surface area contributed by atoms with Crippen LogP contribution in [0.25, 0.3) is 0 Å². The van der Waals surface area contributed by atoms with Crippen molar-refractivity contribution in [2.75, 3.05) is 13.7 Å². The highest BCUT2D eigenvalue weighted by atomic mass is 16.5. The number of rotatable bonds is 2. The van der Waals surface area contributed by atoms with Gasteiger partial charge in [0.05, 0.1) is 20.3 Å². The van der Waals surface area contributed by atoms with Crippen LogP contribution in [0.4, 0.5) is 0 Å². The number of hydrogen-bond donors (Lipinski definition) is 0. The molecule has 0 amide bonds. The first-order valence-electron chi connectivity index (χ1n) is 6.55. The highest BCUT2D eigenvalue weighted by Crippen LogP contribution is 2.39. The van der Waals surface area contributed by atoms with Crippen molar-refractivity contribution in [1.82, 2.24) is 0 Å². The van der Waals surface area contributed by atoms with Gasteiger partial charge in [-0.25, -0.2) is 0 Å². The van der Waals surface area contributed by atoms with Gasteiger partial charge >= 0.3 is 0 Å². The van der Waals surface area contributed by atoms with Crippen molar-refractivity contribution in [3.63, 3.8) is 0 Å². The van der Waals surface area contributed by atoms with Crippen molar-refractivity contribution >= 4 is 0 Å². The smallest absolute Gasteiger partial charge is 0.119 e. The van der Waals surface area contributed by atoms with E-state index in [-0.39, 0.29) is 5.41 Å². The molecular formula is C17H18O2. The molecule has 0 saturated carbocycles. The molecule has 1 atom stereocenters. The number of benzene rings is 2. The first-order chi connectivity index (χ1) is 9.24. The van der Waals surface area contributed by atoms with Gasteiger partial charge in [-0.2, -0.15) is 0 Å². The zero-order chi connectivity index (χ0) is 13.3. The fraction of sp³-hybridized carbons (Fsp3) is 0.294. The Kier molecular flexibility index (Phi) is 3.03. The summed E-state index contributed by atoms with van der Waals surface area (Å²) in [6, 6.07) is 16.8.